The van der Waals surface area contributed by atoms with E-state index in [0.29, 0.717) is 0 Å². The Kier molecular flexibility index (Phi) is 5.01. The lowest BCUT2D eigenvalue weighted by molar-refractivity contribution is -0.135. The first kappa shape index (κ1) is 16.7. The maximum Gasteiger partial charge on any atom is 0.324 e. The quantitative estimate of drug-likeness (QED) is 0.734. The summed E-state index contributed by atoms with van der Waals surface area (Å²) in [6.07, 6.45) is 0. The van der Waals surface area contributed by atoms with Gasteiger partial charge in [0.1, 0.15) is 12.4 Å². The van der Waals surface area contributed by atoms with Crippen LogP contribution in [0, 0.1) is 9.39 Å². The minimum Gasteiger partial charge on any atom is -0.480 e. The monoisotopic (exact) mass is 435 g/mol. The molecule has 5 nitrogen and oxygen atoms in total. The summed E-state index contributed by atoms with van der Waals surface area (Å²) in [7, 11) is -4.10. The molecule has 0 aliphatic heterocycles. The molecule has 1 N–H and O–H groups in total. The smallest absolute Gasteiger partial charge is 0.324 e. The van der Waals surface area contributed by atoms with Crippen molar-refractivity contribution in [2.45, 2.75) is 4.90 Å². The Balaban J connectivity index is 2.50. The Morgan fingerprint density at radius 2 is 1.64 bits per heavy atom. The minimum absolute atomic E-state index is 0.172. The Morgan fingerprint density at radius 1 is 1.09 bits per heavy atom. The molecule has 22 heavy (non-hydrogen) atoms. The average molecular weight is 435 g/mol. The second-order valence-corrected chi connectivity index (χ2v) is 7.44. The van der Waals surface area contributed by atoms with E-state index in [-0.39, 0.29) is 10.6 Å². The molecular weight excluding hydrogens is 424 g/mol. The van der Waals surface area contributed by atoms with Crippen LogP contribution in [-0.4, -0.2) is 26.0 Å². The number of halogens is 2. The van der Waals surface area contributed by atoms with Gasteiger partial charge in [-0.3, -0.25) is 9.10 Å². The first-order chi connectivity index (χ1) is 10.3. The topological polar surface area (TPSA) is 74.7 Å². The summed E-state index contributed by atoms with van der Waals surface area (Å²) in [6, 6.07) is 10.6. The standard InChI is InChI=1S/C14H11FINO4S/c15-10-1-7-13(8-2-10)22(20,21)17(9-14(18)19)12-5-3-11(16)4-6-12/h1-8H,9H2,(H,18,19). The third kappa shape index (κ3) is 3.74. The van der Waals surface area contributed by atoms with Gasteiger partial charge in [-0.25, -0.2) is 12.8 Å². The van der Waals surface area contributed by atoms with Crippen LogP contribution in [0.3, 0.4) is 0 Å². The van der Waals surface area contributed by atoms with E-state index >= 15 is 0 Å². The summed E-state index contributed by atoms with van der Waals surface area (Å²) < 4.78 is 39.8. The fraction of sp³-hybridized carbons (Fsp3) is 0.0714. The number of carbonyl (C=O) groups is 1. The molecule has 0 bridgehead atoms. The first-order valence-corrected chi connectivity index (χ1v) is 8.58. The fourth-order valence-corrected chi connectivity index (χ4v) is 3.55. The molecule has 0 amide bonds. The van der Waals surface area contributed by atoms with E-state index in [1.54, 1.807) is 12.1 Å². The number of carboxylic acid groups (broad SMARTS) is 1. The zero-order valence-corrected chi connectivity index (χ0v) is 14.1. The number of aliphatic carboxylic acids is 1. The maximum atomic E-state index is 13.0. The number of nitrogens with zero attached hydrogens (tertiary/aromatic N) is 1. The summed E-state index contributed by atoms with van der Waals surface area (Å²) in [5.41, 5.74) is 0.229. The van der Waals surface area contributed by atoms with Gasteiger partial charge < -0.3 is 5.11 Å². The molecule has 0 spiro atoms. The fourth-order valence-electron chi connectivity index (χ4n) is 1.78. The molecule has 0 radical (unpaired) electrons. The molecule has 2 aromatic carbocycles. The molecule has 0 saturated carbocycles. The molecular formula is C14H11FINO4S. The molecule has 0 aromatic heterocycles. The molecule has 116 valence electrons. The minimum atomic E-state index is -4.10. The molecule has 0 fully saturated rings. The van der Waals surface area contributed by atoms with E-state index in [1.165, 1.54) is 12.1 Å². The number of sulfonamides is 1. The zero-order chi connectivity index (χ0) is 16.3. The highest BCUT2D eigenvalue weighted by Gasteiger charge is 2.27. The normalized spacial score (nSPS) is 11.2. The molecule has 0 heterocycles. The van der Waals surface area contributed by atoms with Crippen molar-refractivity contribution in [2.24, 2.45) is 0 Å². The van der Waals surface area contributed by atoms with Crippen molar-refractivity contribution in [3.05, 3.63) is 57.9 Å². The molecule has 0 aliphatic carbocycles. The van der Waals surface area contributed by atoms with Crippen LogP contribution < -0.4 is 4.31 Å². The van der Waals surface area contributed by atoms with Crippen LogP contribution in [0.25, 0.3) is 0 Å². The van der Waals surface area contributed by atoms with Gasteiger partial charge in [0.15, 0.2) is 0 Å². The van der Waals surface area contributed by atoms with Crippen molar-refractivity contribution in [3.63, 3.8) is 0 Å². The average Bonchev–Trinajstić information content (AvgIpc) is 2.46. The number of rotatable bonds is 5. The van der Waals surface area contributed by atoms with Gasteiger partial charge in [0.2, 0.25) is 0 Å². The number of carboxylic acids is 1. The Hall–Kier alpha value is -1.68. The molecule has 0 atom stereocenters. The van der Waals surface area contributed by atoms with Gasteiger partial charge in [0.25, 0.3) is 10.0 Å². The van der Waals surface area contributed by atoms with E-state index < -0.39 is 28.4 Å². The van der Waals surface area contributed by atoms with Crippen molar-refractivity contribution in [1.82, 2.24) is 0 Å². The SMILES string of the molecule is O=C(O)CN(c1ccc(I)cc1)S(=O)(=O)c1ccc(F)cc1. The van der Waals surface area contributed by atoms with Crippen LogP contribution in [0.5, 0.6) is 0 Å². The molecule has 0 saturated heterocycles. The van der Waals surface area contributed by atoms with E-state index in [0.717, 1.165) is 32.1 Å². The largest absolute Gasteiger partial charge is 0.480 e. The van der Waals surface area contributed by atoms with Crippen molar-refractivity contribution >= 4 is 44.3 Å². The van der Waals surface area contributed by atoms with Crippen LogP contribution in [-0.2, 0) is 14.8 Å². The van der Waals surface area contributed by atoms with Crippen molar-refractivity contribution < 1.29 is 22.7 Å². The number of anilines is 1. The van der Waals surface area contributed by atoms with Crippen LogP contribution >= 0.6 is 22.6 Å². The third-order valence-corrected chi connectivity index (χ3v) is 5.30. The van der Waals surface area contributed by atoms with Crippen LogP contribution in [0.1, 0.15) is 0 Å². The summed E-state index contributed by atoms with van der Waals surface area (Å²) in [5, 5.41) is 8.99. The molecule has 2 rings (SSSR count). The summed E-state index contributed by atoms with van der Waals surface area (Å²) in [6.45, 7) is -0.722. The van der Waals surface area contributed by atoms with Gasteiger partial charge in [0, 0.05) is 3.57 Å². The highest BCUT2D eigenvalue weighted by Crippen LogP contribution is 2.24. The highest BCUT2D eigenvalue weighted by molar-refractivity contribution is 14.1. The lowest BCUT2D eigenvalue weighted by atomic mass is 10.3. The van der Waals surface area contributed by atoms with Gasteiger partial charge in [-0.2, -0.15) is 0 Å². The van der Waals surface area contributed by atoms with E-state index in [9.17, 15) is 17.6 Å². The first-order valence-electron chi connectivity index (χ1n) is 6.06. The Labute approximate surface area is 140 Å². The van der Waals surface area contributed by atoms with E-state index in [4.69, 9.17) is 5.11 Å². The molecule has 8 heteroatoms. The molecule has 2 aromatic rings. The lowest BCUT2D eigenvalue weighted by Crippen LogP contribution is -2.35. The van der Waals surface area contributed by atoms with Gasteiger partial charge in [-0.1, -0.05) is 0 Å². The van der Waals surface area contributed by atoms with E-state index in [1.807, 2.05) is 0 Å². The van der Waals surface area contributed by atoms with Crippen molar-refractivity contribution in [1.29, 1.82) is 0 Å². The predicted molar refractivity (Wildman–Crippen MR) is 87.7 cm³/mol. The molecule has 0 unspecified atom stereocenters. The maximum absolute atomic E-state index is 13.0. The van der Waals surface area contributed by atoms with Gasteiger partial charge in [-0.15, -0.1) is 0 Å². The summed E-state index contributed by atoms with van der Waals surface area (Å²) >= 11 is 2.06. The zero-order valence-electron chi connectivity index (χ0n) is 11.1. The summed E-state index contributed by atoms with van der Waals surface area (Å²) in [5.74, 6) is -1.86. The van der Waals surface area contributed by atoms with Crippen molar-refractivity contribution in [2.75, 3.05) is 10.8 Å². The second-order valence-electron chi connectivity index (χ2n) is 4.34. The Morgan fingerprint density at radius 3 is 2.14 bits per heavy atom. The highest BCUT2D eigenvalue weighted by atomic mass is 127. The van der Waals surface area contributed by atoms with Crippen LogP contribution in [0.2, 0.25) is 0 Å². The van der Waals surface area contributed by atoms with Crippen LogP contribution in [0.15, 0.2) is 53.4 Å². The number of hydrogen-bond donors (Lipinski definition) is 1. The van der Waals surface area contributed by atoms with Gasteiger partial charge in [-0.05, 0) is 71.1 Å². The molecule has 0 aliphatic rings. The third-order valence-electron chi connectivity index (χ3n) is 2.80. The lowest BCUT2D eigenvalue weighted by Gasteiger charge is -2.22. The van der Waals surface area contributed by atoms with Gasteiger partial charge in [0.05, 0.1) is 10.6 Å². The van der Waals surface area contributed by atoms with Crippen LogP contribution in [0.4, 0.5) is 10.1 Å². The number of hydrogen-bond acceptors (Lipinski definition) is 3. The predicted octanol–water partition coefficient (Wildman–Crippen LogP) is 2.71. The van der Waals surface area contributed by atoms with Crippen molar-refractivity contribution in [3.8, 4) is 0 Å². The van der Waals surface area contributed by atoms with E-state index in [2.05, 4.69) is 22.6 Å². The second kappa shape index (κ2) is 6.61. The summed E-state index contributed by atoms with van der Waals surface area (Å²) in [4.78, 5) is 10.8. The number of benzene rings is 2. The Bertz CT molecular complexity index is 775. The van der Waals surface area contributed by atoms with Gasteiger partial charge >= 0.3 is 5.97 Å².